The number of hydrogen-bond donors (Lipinski definition) is 1. The molecule has 0 radical (unpaired) electrons. The van der Waals surface area contributed by atoms with Gasteiger partial charge in [0.25, 0.3) is 0 Å². The first-order valence-corrected chi connectivity index (χ1v) is 7.11. The molecule has 4 nitrogen and oxygen atoms in total. The van der Waals surface area contributed by atoms with Crippen LogP contribution in [0, 0.1) is 0 Å². The summed E-state index contributed by atoms with van der Waals surface area (Å²) in [4.78, 5) is 24.5. The van der Waals surface area contributed by atoms with Gasteiger partial charge in [0, 0.05) is 23.9 Å². The Kier molecular flexibility index (Phi) is 4.47. The van der Waals surface area contributed by atoms with Gasteiger partial charge in [-0.3, -0.25) is 4.79 Å². The highest BCUT2D eigenvalue weighted by Gasteiger charge is 2.36. The number of aliphatic carboxylic acids is 1. The van der Waals surface area contributed by atoms with Gasteiger partial charge in [-0.1, -0.05) is 28.1 Å². The van der Waals surface area contributed by atoms with Crippen LogP contribution < -0.4 is 0 Å². The van der Waals surface area contributed by atoms with E-state index in [-0.39, 0.29) is 24.1 Å². The maximum Gasteiger partial charge on any atom is 0.326 e. The molecule has 0 aromatic heterocycles. The zero-order chi connectivity index (χ0) is 14.0. The van der Waals surface area contributed by atoms with Gasteiger partial charge < -0.3 is 10.0 Å². The van der Waals surface area contributed by atoms with Crippen LogP contribution in [0.5, 0.6) is 0 Å². The largest absolute Gasteiger partial charge is 0.480 e. The summed E-state index contributed by atoms with van der Waals surface area (Å²) in [5.41, 5.74) is 0.868. The van der Waals surface area contributed by atoms with E-state index in [9.17, 15) is 14.7 Å². The molecule has 6 heteroatoms. The summed E-state index contributed by atoms with van der Waals surface area (Å²) >= 11 is 9.26. The third kappa shape index (κ3) is 3.48. The molecular formula is C13H13BrClNO3. The van der Waals surface area contributed by atoms with Crippen LogP contribution in [0.25, 0.3) is 0 Å². The van der Waals surface area contributed by atoms with Crippen molar-refractivity contribution < 1.29 is 14.7 Å². The SMILES string of the molecule is O=C(O)C(Cc1cccc(Br)c1)N1CC(Cl)CC1=O. The lowest BCUT2D eigenvalue weighted by Gasteiger charge is -2.24. The molecule has 1 aromatic carbocycles. The first-order chi connectivity index (χ1) is 8.97. The number of amides is 1. The Morgan fingerprint density at radius 2 is 2.32 bits per heavy atom. The molecule has 1 saturated heterocycles. The van der Waals surface area contributed by atoms with Crippen molar-refractivity contribution in [3.63, 3.8) is 0 Å². The minimum absolute atomic E-state index is 0.192. The molecule has 2 unspecified atom stereocenters. The molecule has 1 N–H and O–H groups in total. The van der Waals surface area contributed by atoms with Crippen LogP contribution in [0.3, 0.4) is 0 Å². The molecule has 0 bridgehead atoms. The van der Waals surface area contributed by atoms with Crippen LogP contribution in [0.15, 0.2) is 28.7 Å². The Balaban J connectivity index is 2.17. The Morgan fingerprint density at radius 1 is 1.58 bits per heavy atom. The van der Waals surface area contributed by atoms with E-state index in [0.717, 1.165) is 10.0 Å². The van der Waals surface area contributed by atoms with Crippen molar-refractivity contribution in [3.8, 4) is 0 Å². The Bertz CT molecular complexity index is 508. The first-order valence-electron chi connectivity index (χ1n) is 5.88. The fraction of sp³-hybridized carbons (Fsp3) is 0.385. The van der Waals surface area contributed by atoms with Crippen LogP contribution in [-0.4, -0.2) is 39.8 Å². The highest BCUT2D eigenvalue weighted by molar-refractivity contribution is 9.10. The molecule has 0 spiro atoms. The minimum atomic E-state index is -1.00. The quantitative estimate of drug-likeness (QED) is 0.851. The number of carboxylic acids is 1. The standard InChI is InChI=1S/C13H13BrClNO3/c14-9-3-1-2-8(4-9)5-11(13(18)19)16-7-10(15)6-12(16)17/h1-4,10-11H,5-7H2,(H,18,19). The van der Waals surface area contributed by atoms with Crippen molar-refractivity contribution in [2.24, 2.45) is 0 Å². The van der Waals surface area contributed by atoms with Gasteiger partial charge >= 0.3 is 5.97 Å². The fourth-order valence-electron chi connectivity index (χ4n) is 2.21. The molecule has 0 saturated carbocycles. The molecule has 1 heterocycles. The summed E-state index contributed by atoms with van der Waals surface area (Å²) in [6, 6.07) is 6.56. The summed E-state index contributed by atoms with van der Waals surface area (Å²) in [5, 5.41) is 9.03. The molecular weight excluding hydrogens is 334 g/mol. The zero-order valence-corrected chi connectivity index (χ0v) is 12.4. The van der Waals surface area contributed by atoms with Gasteiger partial charge in [-0.2, -0.15) is 0 Å². The average Bonchev–Trinajstić information content (AvgIpc) is 2.65. The predicted molar refractivity (Wildman–Crippen MR) is 75.2 cm³/mol. The van der Waals surface area contributed by atoms with E-state index in [4.69, 9.17) is 11.6 Å². The third-order valence-electron chi connectivity index (χ3n) is 3.09. The molecule has 102 valence electrons. The third-order valence-corrected chi connectivity index (χ3v) is 3.88. The number of carbonyl (C=O) groups excluding carboxylic acids is 1. The normalized spacial score (nSPS) is 20.6. The topological polar surface area (TPSA) is 57.6 Å². The molecule has 1 aromatic rings. The molecule has 1 amide bonds. The van der Waals surface area contributed by atoms with Crippen LogP contribution in [0.1, 0.15) is 12.0 Å². The molecule has 1 aliphatic rings. The van der Waals surface area contributed by atoms with Crippen molar-refractivity contribution in [1.82, 2.24) is 4.90 Å². The molecule has 2 atom stereocenters. The van der Waals surface area contributed by atoms with Gasteiger partial charge in [0.15, 0.2) is 0 Å². The van der Waals surface area contributed by atoms with Gasteiger partial charge in [0.2, 0.25) is 5.91 Å². The summed E-state index contributed by atoms with van der Waals surface area (Å²) in [5.74, 6) is -1.19. The number of likely N-dealkylation sites (tertiary alicyclic amines) is 1. The second kappa shape index (κ2) is 5.92. The van der Waals surface area contributed by atoms with Crippen LogP contribution in [-0.2, 0) is 16.0 Å². The highest BCUT2D eigenvalue weighted by atomic mass is 79.9. The predicted octanol–water partition coefficient (Wildman–Crippen LogP) is 2.28. The summed E-state index contributed by atoms with van der Waals surface area (Å²) in [6.07, 6.45) is 0.494. The number of carbonyl (C=O) groups is 2. The second-order valence-electron chi connectivity index (χ2n) is 4.54. The summed E-state index contributed by atoms with van der Waals surface area (Å²) in [6.45, 7) is 0.297. The zero-order valence-electron chi connectivity index (χ0n) is 10.1. The highest BCUT2D eigenvalue weighted by Crippen LogP contribution is 2.22. The maximum atomic E-state index is 11.8. The smallest absolute Gasteiger partial charge is 0.326 e. The lowest BCUT2D eigenvalue weighted by molar-refractivity contribution is -0.148. The number of alkyl halides is 1. The first kappa shape index (κ1) is 14.3. The van der Waals surface area contributed by atoms with Gasteiger partial charge in [0.1, 0.15) is 6.04 Å². The number of carboxylic acid groups (broad SMARTS) is 1. The lowest BCUT2D eigenvalue weighted by Crippen LogP contribution is -2.43. The Hall–Kier alpha value is -1.07. The van der Waals surface area contributed by atoms with Crippen molar-refractivity contribution >= 4 is 39.4 Å². The van der Waals surface area contributed by atoms with E-state index in [2.05, 4.69) is 15.9 Å². The maximum absolute atomic E-state index is 11.8. The second-order valence-corrected chi connectivity index (χ2v) is 6.07. The van der Waals surface area contributed by atoms with Crippen LogP contribution in [0.2, 0.25) is 0 Å². The number of benzene rings is 1. The van der Waals surface area contributed by atoms with E-state index in [1.54, 1.807) is 0 Å². The van der Waals surface area contributed by atoms with Gasteiger partial charge in [-0.05, 0) is 17.7 Å². The van der Waals surface area contributed by atoms with Gasteiger partial charge in [-0.15, -0.1) is 11.6 Å². The number of rotatable bonds is 4. The van der Waals surface area contributed by atoms with Crippen molar-refractivity contribution in [3.05, 3.63) is 34.3 Å². The molecule has 0 aliphatic carbocycles. The van der Waals surface area contributed by atoms with Crippen molar-refractivity contribution in [2.75, 3.05) is 6.54 Å². The number of nitrogens with zero attached hydrogens (tertiary/aromatic N) is 1. The van der Waals surface area contributed by atoms with Gasteiger partial charge in [-0.25, -0.2) is 4.79 Å². The van der Waals surface area contributed by atoms with E-state index < -0.39 is 12.0 Å². The Morgan fingerprint density at radius 3 is 2.84 bits per heavy atom. The minimum Gasteiger partial charge on any atom is -0.480 e. The molecule has 2 rings (SSSR count). The van der Waals surface area contributed by atoms with E-state index >= 15 is 0 Å². The summed E-state index contributed by atoms with van der Waals surface area (Å²) < 4.78 is 0.886. The monoisotopic (exact) mass is 345 g/mol. The van der Waals surface area contributed by atoms with E-state index in [0.29, 0.717) is 6.54 Å². The summed E-state index contributed by atoms with van der Waals surface area (Å²) in [7, 11) is 0. The van der Waals surface area contributed by atoms with Gasteiger partial charge in [0.05, 0.1) is 5.38 Å². The number of hydrogen-bond acceptors (Lipinski definition) is 2. The molecule has 1 fully saturated rings. The number of halogens is 2. The average molecular weight is 347 g/mol. The molecule has 19 heavy (non-hydrogen) atoms. The lowest BCUT2D eigenvalue weighted by atomic mass is 10.1. The van der Waals surface area contributed by atoms with Crippen LogP contribution >= 0.6 is 27.5 Å². The van der Waals surface area contributed by atoms with E-state index in [1.165, 1.54) is 4.90 Å². The fourth-order valence-corrected chi connectivity index (χ4v) is 2.93. The van der Waals surface area contributed by atoms with E-state index in [1.807, 2.05) is 24.3 Å². The van der Waals surface area contributed by atoms with Crippen LogP contribution in [0.4, 0.5) is 0 Å². The Labute approximate surface area is 124 Å². The van der Waals surface area contributed by atoms with Crippen molar-refractivity contribution in [1.29, 1.82) is 0 Å². The van der Waals surface area contributed by atoms with Crippen molar-refractivity contribution in [2.45, 2.75) is 24.3 Å². The molecule has 1 aliphatic heterocycles.